The second kappa shape index (κ2) is 62.6. The van der Waals surface area contributed by atoms with Gasteiger partial charge in [0.25, 0.3) is 0 Å². The maximum atomic E-state index is 12.8. The third-order valence-corrected chi connectivity index (χ3v) is 16.9. The molecule has 0 aliphatic rings. The Balaban J connectivity index is -0.00000113. The fraction of sp³-hybridized carbons (Fsp3) is 0.350. The molecule has 0 aromatic heterocycles. The predicted molar refractivity (Wildman–Crippen MR) is 341 cm³/mol. The van der Waals surface area contributed by atoms with Gasteiger partial charge in [-0.2, -0.15) is 35.0 Å². The molecule has 22 nitrogen and oxygen atoms in total. The maximum absolute atomic E-state index is 12.8. The van der Waals surface area contributed by atoms with E-state index >= 15 is 0 Å². The number of rotatable bonds is 39. The number of carboxylic acids is 1. The first kappa shape index (κ1) is 100. The SMILES string of the molecule is O=C(O)C(F)(F)SOO[O-].O=C(OCCOCCOCCCl)C(F)(F)S(=O)(=O)[O-].O=C(OCCOCCOCCCl)C(F)(F)SOO[O-].OCCOCCOCCCl.[Cl-].[Na+].[Na+].c1ccc([S+](c2ccccc2)c2ccccc2)cc1.c1ccc([S+](c2ccccc2)c2ccccc2)cc1. The second-order valence-electron chi connectivity index (χ2n) is 17.0. The van der Waals surface area contributed by atoms with E-state index in [-0.39, 0.29) is 140 Å². The van der Waals surface area contributed by atoms with Crippen molar-refractivity contribution < 1.29 is 203 Å². The Morgan fingerprint density at radius 2 is 0.646 bits per heavy atom. The number of ether oxygens (including phenoxy) is 8. The number of alkyl halides is 9. The van der Waals surface area contributed by atoms with Crippen molar-refractivity contribution in [3.63, 3.8) is 0 Å². The summed E-state index contributed by atoms with van der Waals surface area (Å²) >= 11 is 14.4. The molecule has 0 radical (unpaired) electrons. The number of halogens is 10. The number of carbonyl (C=O) groups is 3. The molecule has 0 aliphatic carbocycles. The molecule has 39 heteroatoms. The number of hydrogen-bond donors (Lipinski definition) is 2. The van der Waals surface area contributed by atoms with E-state index in [0.717, 1.165) is 0 Å². The first-order valence-corrected chi connectivity index (χ1v) is 34.5. The Morgan fingerprint density at radius 3 is 0.879 bits per heavy atom. The van der Waals surface area contributed by atoms with Gasteiger partial charge in [-0.15, -0.1) is 34.8 Å². The molecule has 6 aromatic carbocycles. The Kier molecular flexibility index (Phi) is 63.5. The van der Waals surface area contributed by atoms with Crippen LogP contribution in [0.2, 0.25) is 0 Å². The standard InChI is InChI=1S/2C18H15S.2C8H13ClF2O7S.C6H13ClO3.C2H2F2O5S.ClH.2Na/c2*1-4-10-16(11-5-1)19(17-12-6-2-7-13-17)18-14-8-3-9-15-18;9-1-2-16-3-4-17-5-6-18-7(12)8(10,11)19(13,14)15;9-1-2-14-3-4-15-5-6-16-7(12)8(10,11)19-18-17-13;7-1-3-9-5-6-10-4-2-8;3-2(4,1(5)6)10-9-8-7;;;/h2*1-15H;1-6H2,(H,13,14,15);13H,1-6H2;8H,1-6H2;7H,(H,5,6);1H;;/q2*+1;;;;;;2*+1/p-4. The number of esters is 2. The molecule has 2 N–H and O–H groups in total. The second-order valence-corrected chi connectivity index (χ2v) is 25.2. The van der Waals surface area contributed by atoms with E-state index in [0.29, 0.717) is 63.9 Å². The van der Waals surface area contributed by atoms with E-state index in [2.05, 4.69) is 210 Å². The molecule has 0 amide bonds. The van der Waals surface area contributed by atoms with E-state index in [1.807, 2.05) is 0 Å². The fourth-order valence-electron chi connectivity index (χ4n) is 6.19. The van der Waals surface area contributed by atoms with Crippen molar-refractivity contribution >= 4 is 109 Å². The molecule has 0 saturated heterocycles. The Labute approximate surface area is 649 Å². The van der Waals surface area contributed by atoms with E-state index in [1.54, 1.807) is 0 Å². The number of carbonyl (C=O) groups excluding carboxylic acids is 2. The van der Waals surface area contributed by atoms with Crippen LogP contribution >= 0.6 is 58.9 Å². The number of aliphatic hydroxyl groups is 1. The van der Waals surface area contributed by atoms with Crippen LogP contribution in [-0.2, 0) is 103 Å². The van der Waals surface area contributed by atoms with E-state index in [9.17, 15) is 59.0 Å². The van der Waals surface area contributed by atoms with Crippen LogP contribution in [0.5, 0.6) is 0 Å². The normalized spacial score (nSPS) is 10.9. The smallest absolute Gasteiger partial charge is 1.00 e. The van der Waals surface area contributed by atoms with Crippen molar-refractivity contribution in [2.45, 2.75) is 45.1 Å². The maximum Gasteiger partial charge on any atom is 1.00 e. The number of benzene rings is 6. The summed E-state index contributed by atoms with van der Waals surface area (Å²) in [7, 11) is -6.12. The largest absolute Gasteiger partial charge is 1.00 e. The van der Waals surface area contributed by atoms with E-state index in [1.165, 1.54) is 29.4 Å². The molecule has 0 bridgehead atoms. The van der Waals surface area contributed by atoms with Gasteiger partial charge in [0.2, 0.25) is 0 Å². The molecule has 0 unspecified atom stereocenters. The minimum atomic E-state index is -6.09. The van der Waals surface area contributed by atoms with Crippen LogP contribution in [0.25, 0.3) is 0 Å². The zero-order chi connectivity index (χ0) is 71.2. The molecule has 0 spiro atoms. The van der Waals surface area contributed by atoms with Gasteiger partial charge < -0.3 is 75.6 Å². The van der Waals surface area contributed by atoms with E-state index in [4.69, 9.17) is 78.7 Å². The number of aliphatic carboxylic acids is 1. The van der Waals surface area contributed by atoms with Crippen LogP contribution in [0.3, 0.4) is 0 Å². The summed E-state index contributed by atoms with van der Waals surface area (Å²) in [4.78, 5) is 39.1. The van der Waals surface area contributed by atoms with Crippen LogP contribution in [0.1, 0.15) is 0 Å². The van der Waals surface area contributed by atoms with Gasteiger partial charge in [-0.3, -0.25) is 10.1 Å². The average Bonchev–Trinajstić information content (AvgIpc) is 0.836. The van der Waals surface area contributed by atoms with Gasteiger partial charge in [-0.05, 0) is 72.8 Å². The van der Waals surface area contributed by atoms with Crippen molar-refractivity contribution in [2.75, 3.05) is 117 Å². The minimum Gasteiger partial charge on any atom is -1.00 e. The van der Waals surface area contributed by atoms with Crippen LogP contribution in [0.4, 0.5) is 26.3 Å². The summed E-state index contributed by atoms with van der Waals surface area (Å²) in [6.45, 7) is 2.32. The minimum absolute atomic E-state index is 0. The van der Waals surface area contributed by atoms with Gasteiger partial charge in [0.15, 0.2) is 39.5 Å². The third-order valence-electron chi connectivity index (χ3n) is 10.2. The van der Waals surface area contributed by atoms with Crippen LogP contribution in [0.15, 0.2) is 211 Å². The molecular weight excluding hydrogens is 1530 g/mol. The molecule has 6 aromatic rings. The van der Waals surface area contributed by atoms with Crippen molar-refractivity contribution in [3.05, 3.63) is 182 Å². The summed E-state index contributed by atoms with van der Waals surface area (Å²) in [6, 6.07) is 64.3. The van der Waals surface area contributed by atoms with Gasteiger partial charge in [0, 0.05) is 17.6 Å². The molecular formula is C60H68Cl4F6Na2O22S5. The zero-order valence-electron chi connectivity index (χ0n) is 52.9. The molecule has 542 valence electrons. The summed E-state index contributed by atoms with van der Waals surface area (Å²) in [5.41, 5.74) is 0. The quantitative estimate of drug-likeness (QED) is 0.00509. The average molecular weight is 1600 g/mol. The molecule has 0 atom stereocenters. The molecule has 6 rings (SSSR count). The van der Waals surface area contributed by atoms with Crippen molar-refractivity contribution in [3.8, 4) is 0 Å². The van der Waals surface area contributed by atoms with Crippen LogP contribution < -0.4 is 82.0 Å². The van der Waals surface area contributed by atoms with Crippen LogP contribution in [0, 0.1) is 0 Å². The third kappa shape index (κ3) is 46.7. The zero-order valence-corrected chi connectivity index (χ0v) is 64.0. The van der Waals surface area contributed by atoms with Crippen molar-refractivity contribution in [2.24, 2.45) is 0 Å². The van der Waals surface area contributed by atoms with Gasteiger partial charge in [0.1, 0.15) is 37.3 Å². The molecule has 0 fully saturated rings. The van der Waals surface area contributed by atoms with Gasteiger partial charge in [0.05, 0.1) is 108 Å². The molecule has 0 heterocycles. The summed E-state index contributed by atoms with van der Waals surface area (Å²) in [6.07, 6.45) is 0. The summed E-state index contributed by atoms with van der Waals surface area (Å²) in [5, 5.41) is 26.1. The predicted octanol–water partition coefficient (Wildman–Crippen LogP) is 0.568. The first-order valence-electron chi connectivity index (χ1n) is 27.6. The van der Waals surface area contributed by atoms with Gasteiger partial charge in [-0.1, -0.05) is 109 Å². The molecule has 0 saturated carbocycles. The topological polar surface area (TPSA) is 306 Å². The summed E-state index contributed by atoms with van der Waals surface area (Å²) in [5.74, 6) is -5.51. The Bertz CT molecular complexity index is 2720. The van der Waals surface area contributed by atoms with Gasteiger partial charge >= 0.3 is 92.8 Å². The Hall–Kier alpha value is -2.74. The number of aliphatic hydroxyl groups excluding tert-OH is 1. The molecule has 0 aliphatic heterocycles. The van der Waals surface area contributed by atoms with Gasteiger partial charge in [-0.25, -0.2) is 22.8 Å². The monoisotopic (exact) mass is 1600 g/mol. The fourth-order valence-corrected chi connectivity index (χ4v) is 11.4. The van der Waals surface area contributed by atoms with E-state index < -0.39 is 74.5 Å². The summed E-state index contributed by atoms with van der Waals surface area (Å²) < 4.78 is 149. The van der Waals surface area contributed by atoms with Crippen molar-refractivity contribution in [1.29, 1.82) is 0 Å². The first-order chi connectivity index (χ1) is 46.1. The Morgan fingerprint density at radius 1 is 0.414 bits per heavy atom. The van der Waals surface area contributed by atoms with Crippen molar-refractivity contribution in [1.82, 2.24) is 0 Å². The van der Waals surface area contributed by atoms with Crippen LogP contribution in [-0.4, -0.2) is 174 Å². The number of carboxylic acid groups (broad SMARTS) is 1. The molecule has 99 heavy (non-hydrogen) atoms. The number of hydrogen-bond acceptors (Lipinski definition) is 23.